The third-order valence-corrected chi connectivity index (χ3v) is 3.29. The maximum Gasteiger partial charge on any atom is 0.0223 e. The van der Waals surface area contributed by atoms with Gasteiger partial charge in [-0.05, 0) is 19.3 Å². The van der Waals surface area contributed by atoms with E-state index < -0.39 is 0 Å². The highest BCUT2D eigenvalue weighted by Crippen LogP contribution is 2.10. The van der Waals surface area contributed by atoms with Gasteiger partial charge in [0.25, 0.3) is 0 Å². The highest BCUT2D eigenvalue weighted by Gasteiger charge is 1.91. The van der Waals surface area contributed by atoms with Crippen LogP contribution in [0.1, 0.15) is 57.8 Å². The third-order valence-electron chi connectivity index (χ3n) is 2.51. The van der Waals surface area contributed by atoms with Crippen molar-refractivity contribution < 1.29 is 0 Å². The molecule has 15 heavy (non-hydrogen) atoms. The number of unbranched alkanes of at least 4 members (excludes halogenated alkanes) is 8. The van der Waals surface area contributed by atoms with Crippen LogP contribution in [0, 0.1) is 0 Å². The van der Waals surface area contributed by atoms with Crippen LogP contribution in [0.5, 0.6) is 0 Å². The highest BCUT2D eigenvalue weighted by molar-refractivity contribution is 14.1. The fourth-order valence-electron chi connectivity index (χ4n) is 1.60. The van der Waals surface area contributed by atoms with E-state index in [0.29, 0.717) is 0 Å². The van der Waals surface area contributed by atoms with Gasteiger partial charge < -0.3 is 0 Å². The molecular formula is C13H24ClI. The molecule has 0 aromatic rings. The van der Waals surface area contributed by atoms with Gasteiger partial charge in [0.05, 0.1) is 0 Å². The molecule has 0 bridgehead atoms. The summed E-state index contributed by atoms with van der Waals surface area (Å²) < 4.78 is 1.15. The number of hydrogen-bond acceptors (Lipinski definition) is 0. The molecule has 0 fully saturated rings. The van der Waals surface area contributed by atoms with E-state index in [1.165, 1.54) is 57.8 Å². The normalized spacial score (nSPS) is 11.3. The summed E-state index contributed by atoms with van der Waals surface area (Å²) in [5.74, 6) is 0.836. The molecular weight excluding hydrogens is 318 g/mol. The van der Waals surface area contributed by atoms with E-state index in [4.69, 9.17) is 11.6 Å². The summed E-state index contributed by atoms with van der Waals surface area (Å²) in [6.45, 7) is 0. The van der Waals surface area contributed by atoms with Crippen molar-refractivity contribution >= 4 is 34.2 Å². The van der Waals surface area contributed by atoms with E-state index in [0.717, 1.165) is 10.3 Å². The van der Waals surface area contributed by atoms with Crippen molar-refractivity contribution in [2.75, 3.05) is 10.3 Å². The van der Waals surface area contributed by atoms with Gasteiger partial charge in [-0.2, -0.15) is 0 Å². The first-order valence-electron chi connectivity index (χ1n) is 6.18. The van der Waals surface area contributed by atoms with Gasteiger partial charge in [0.2, 0.25) is 0 Å². The SMILES string of the molecule is ClCCCCCCCCCCC=CCI. The van der Waals surface area contributed by atoms with Gasteiger partial charge in [0, 0.05) is 10.3 Å². The van der Waals surface area contributed by atoms with Gasteiger partial charge in [0.15, 0.2) is 0 Å². The molecule has 0 saturated carbocycles. The van der Waals surface area contributed by atoms with Gasteiger partial charge in [-0.25, -0.2) is 0 Å². The lowest BCUT2D eigenvalue weighted by molar-refractivity contribution is 0.578. The number of hydrogen-bond donors (Lipinski definition) is 0. The Morgan fingerprint density at radius 3 is 1.80 bits per heavy atom. The Kier molecular flexibility index (Phi) is 15.5. The first-order valence-corrected chi connectivity index (χ1v) is 8.24. The molecule has 0 amide bonds. The second-order valence-corrected chi connectivity index (χ2v) is 5.19. The predicted molar refractivity (Wildman–Crippen MR) is 80.3 cm³/mol. The molecule has 90 valence electrons. The fourth-order valence-corrected chi connectivity index (χ4v) is 2.15. The highest BCUT2D eigenvalue weighted by atomic mass is 127. The predicted octanol–water partition coefficient (Wildman–Crippen LogP) is 5.73. The van der Waals surface area contributed by atoms with E-state index in [1.807, 2.05) is 0 Å². The molecule has 0 spiro atoms. The van der Waals surface area contributed by atoms with Crippen molar-refractivity contribution in [2.24, 2.45) is 0 Å². The monoisotopic (exact) mass is 342 g/mol. The Hall–Kier alpha value is 0.760. The summed E-state index contributed by atoms with van der Waals surface area (Å²) in [6, 6.07) is 0. The van der Waals surface area contributed by atoms with Gasteiger partial charge in [-0.3, -0.25) is 0 Å². The van der Waals surface area contributed by atoms with Crippen molar-refractivity contribution in [3.05, 3.63) is 12.2 Å². The lowest BCUT2D eigenvalue weighted by Crippen LogP contribution is -1.81. The summed E-state index contributed by atoms with van der Waals surface area (Å²) in [6.07, 6.45) is 16.7. The Morgan fingerprint density at radius 2 is 1.27 bits per heavy atom. The van der Waals surface area contributed by atoms with Crippen LogP contribution < -0.4 is 0 Å². The molecule has 0 unspecified atom stereocenters. The number of allylic oxidation sites excluding steroid dienone is 2. The first-order chi connectivity index (χ1) is 7.41. The minimum absolute atomic E-state index is 0.836. The summed E-state index contributed by atoms with van der Waals surface area (Å²) in [5.41, 5.74) is 0. The van der Waals surface area contributed by atoms with Crippen molar-refractivity contribution in [1.29, 1.82) is 0 Å². The molecule has 0 atom stereocenters. The molecule has 0 saturated heterocycles. The van der Waals surface area contributed by atoms with Gasteiger partial charge in [-0.15, -0.1) is 11.6 Å². The molecule has 2 heteroatoms. The van der Waals surface area contributed by atoms with Crippen LogP contribution in [0.25, 0.3) is 0 Å². The standard InChI is InChI=1S/C13H24ClI/c14-12-10-8-6-4-2-1-3-5-7-9-11-13-15/h9,11H,1-8,10,12-13H2. The molecule has 0 radical (unpaired) electrons. The zero-order valence-electron chi connectivity index (χ0n) is 9.69. The van der Waals surface area contributed by atoms with Crippen molar-refractivity contribution in [1.82, 2.24) is 0 Å². The lowest BCUT2D eigenvalue weighted by atomic mass is 10.1. The molecule has 0 aromatic heterocycles. The summed E-state index contributed by atoms with van der Waals surface area (Å²) in [7, 11) is 0. The molecule has 0 nitrogen and oxygen atoms in total. The Labute approximate surface area is 114 Å². The summed E-state index contributed by atoms with van der Waals surface area (Å²) in [4.78, 5) is 0. The smallest absolute Gasteiger partial charge is 0.0223 e. The largest absolute Gasteiger partial charge is 0.127 e. The number of alkyl halides is 2. The average molecular weight is 343 g/mol. The van der Waals surface area contributed by atoms with E-state index in [9.17, 15) is 0 Å². The van der Waals surface area contributed by atoms with Gasteiger partial charge in [0.1, 0.15) is 0 Å². The molecule has 0 aromatic carbocycles. The van der Waals surface area contributed by atoms with Crippen molar-refractivity contribution in [3.63, 3.8) is 0 Å². The molecule has 0 aliphatic rings. The topological polar surface area (TPSA) is 0 Å². The first kappa shape index (κ1) is 15.8. The van der Waals surface area contributed by atoms with Crippen molar-refractivity contribution in [2.45, 2.75) is 57.8 Å². The second kappa shape index (κ2) is 14.8. The summed E-state index contributed by atoms with van der Waals surface area (Å²) >= 11 is 8.00. The maximum atomic E-state index is 5.62. The second-order valence-electron chi connectivity index (χ2n) is 3.93. The molecule has 0 aliphatic carbocycles. The minimum atomic E-state index is 0.836. The Balaban J connectivity index is 2.89. The van der Waals surface area contributed by atoms with Crippen LogP contribution in [0.4, 0.5) is 0 Å². The van der Waals surface area contributed by atoms with Crippen LogP contribution in [0.15, 0.2) is 12.2 Å². The van der Waals surface area contributed by atoms with Crippen LogP contribution >= 0.6 is 34.2 Å². The van der Waals surface area contributed by atoms with Gasteiger partial charge >= 0.3 is 0 Å². The lowest BCUT2D eigenvalue weighted by Gasteiger charge is -2.00. The van der Waals surface area contributed by atoms with Crippen LogP contribution in [0.2, 0.25) is 0 Å². The Morgan fingerprint density at radius 1 is 0.733 bits per heavy atom. The van der Waals surface area contributed by atoms with Crippen LogP contribution in [-0.2, 0) is 0 Å². The number of rotatable bonds is 11. The average Bonchev–Trinajstić information content (AvgIpc) is 2.26. The van der Waals surface area contributed by atoms with Crippen LogP contribution in [0.3, 0.4) is 0 Å². The zero-order chi connectivity index (χ0) is 11.2. The number of halogens is 2. The third kappa shape index (κ3) is 14.8. The van der Waals surface area contributed by atoms with E-state index >= 15 is 0 Å². The Bertz CT molecular complexity index is 134. The minimum Gasteiger partial charge on any atom is -0.127 e. The van der Waals surface area contributed by atoms with E-state index in [-0.39, 0.29) is 0 Å². The molecule has 0 rings (SSSR count). The molecule has 0 aliphatic heterocycles. The van der Waals surface area contributed by atoms with Crippen molar-refractivity contribution in [3.8, 4) is 0 Å². The van der Waals surface area contributed by atoms with Gasteiger partial charge in [-0.1, -0.05) is 73.3 Å². The summed E-state index contributed by atoms with van der Waals surface area (Å²) in [5, 5.41) is 0. The fraction of sp³-hybridized carbons (Fsp3) is 0.846. The van der Waals surface area contributed by atoms with E-state index in [1.54, 1.807) is 0 Å². The molecule has 0 N–H and O–H groups in total. The molecule has 0 heterocycles. The quantitative estimate of drug-likeness (QED) is 0.195. The maximum absolute atomic E-state index is 5.62. The van der Waals surface area contributed by atoms with E-state index in [2.05, 4.69) is 34.7 Å². The van der Waals surface area contributed by atoms with Crippen LogP contribution in [-0.4, -0.2) is 10.3 Å². The zero-order valence-corrected chi connectivity index (χ0v) is 12.6.